The van der Waals surface area contributed by atoms with Gasteiger partial charge in [0.1, 0.15) is 5.54 Å². The van der Waals surface area contributed by atoms with Gasteiger partial charge in [-0.15, -0.1) is 0 Å². The molecule has 2 N–H and O–H groups in total. The normalized spacial score (nSPS) is 28.7. The Morgan fingerprint density at radius 3 is 2.60 bits per heavy atom. The molecule has 0 aromatic heterocycles. The Hall–Kier alpha value is -0.610. The molecule has 3 unspecified atom stereocenters. The highest BCUT2D eigenvalue weighted by atomic mass is 16.5. The predicted molar refractivity (Wildman–Crippen MR) is 80.4 cm³/mol. The molecule has 0 amide bonds. The van der Waals surface area contributed by atoms with Gasteiger partial charge >= 0.3 is 5.97 Å². The lowest BCUT2D eigenvalue weighted by molar-refractivity contribution is -0.150. The molecule has 1 aliphatic carbocycles. The highest BCUT2D eigenvalue weighted by Gasteiger charge is 2.34. The van der Waals surface area contributed by atoms with Crippen LogP contribution in [0.5, 0.6) is 0 Å². The van der Waals surface area contributed by atoms with Gasteiger partial charge in [-0.25, -0.2) is 0 Å². The lowest BCUT2D eigenvalue weighted by atomic mass is 9.71. The van der Waals surface area contributed by atoms with Gasteiger partial charge in [-0.3, -0.25) is 4.79 Å². The fourth-order valence-corrected chi connectivity index (χ4v) is 3.22. The van der Waals surface area contributed by atoms with Crippen molar-refractivity contribution >= 4 is 5.97 Å². The first-order valence-corrected chi connectivity index (χ1v) is 7.74. The van der Waals surface area contributed by atoms with E-state index >= 15 is 0 Å². The van der Waals surface area contributed by atoms with Crippen LogP contribution in [0, 0.1) is 11.3 Å². The molecule has 0 aromatic rings. The van der Waals surface area contributed by atoms with Crippen molar-refractivity contribution in [3.05, 3.63) is 0 Å². The molecule has 4 heteroatoms. The summed E-state index contributed by atoms with van der Waals surface area (Å²) in [5, 5.41) is 0. The van der Waals surface area contributed by atoms with Crippen LogP contribution in [0.3, 0.4) is 0 Å². The van der Waals surface area contributed by atoms with Crippen molar-refractivity contribution in [2.45, 2.75) is 71.9 Å². The lowest BCUT2D eigenvalue weighted by Gasteiger charge is -2.39. The summed E-state index contributed by atoms with van der Waals surface area (Å²) in [7, 11) is 0. The molecule has 0 saturated heterocycles. The third-order valence-electron chi connectivity index (χ3n) is 4.06. The summed E-state index contributed by atoms with van der Waals surface area (Å²) in [6.07, 6.45) is 4.22. The Morgan fingerprint density at radius 1 is 1.40 bits per heavy atom. The van der Waals surface area contributed by atoms with E-state index in [0.717, 1.165) is 12.8 Å². The minimum Gasteiger partial charge on any atom is -0.465 e. The van der Waals surface area contributed by atoms with E-state index in [1.54, 1.807) is 13.8 Å². The molecule has 0 aliphatic heterocycles. The smallest absolute Gasteiger partial charge is 0.325 e. The van der Waals surface area contributed by atoms with Crippen LogP contribution in [0.25, 0.3) is 0 Å². The average molecular weight is 285 g/mol. The summed E-state index contributed by atoms with van der Waals surface area (Å²) >= 11 is 0. The summed E-state index contributed by atoms with van der Waals surface area (Å²) in [5.74, 6) is 0.346. The van der Waals surface area contributed by atoms with Crippen molar-refractivity contribution in [3.63, 3.8) is 0 Å². The molecule has 0 bridgehead atoms. The monoisotopic (exact) mass is 285 g/mol. The van der Waals surface area contributed by atoms with Gasteiger partial charge in [0, 0.05) is 6.61 Å². The minimum atomic E-state index is -0.953. The maximum atomic E-state index is 11.7. The Morgan fingerprint density at radius 2 is 2.05 bits per heavy atom. The molecule has 0 spiro atoms. The largest absolute Gasteiger partial charge is 0.465 e. The van der Waals surface area contributed by atoms with Gasteiger partial charge < -0.3 is 15.2 Å². The first kappa shape index (κ1) is 17.4. The maximum Gasteiger partial charge on any atom is 0.325 e. The Bertz CT molecular complexity index is 326. The zero-order chi connectivity index (χ0) is 15.4. The van der Waals surface area contributed by atoms with Crippen molar-refractivity contribution in [1.82, 2.24) is 0 Å². The van der Waals surface area contributed by atoms with Gasteiger partial charge in [0.2, 0.25) is 0 Å². The minimum absolute atomic E-state index is 0.284. The standard InChI is InChI=1S/C16H31NO3/c1-6-19-14(18)16(5,17)7-8-20-13-9-12(2)10-15(3,4)11-13/h12-13H,6-11,17H2,1-5H3. The van der Waals surface area contributed by atoms with Crippen molar-refractivity contribution < 1.29 is 14.3 Å². The van der Waals surface area contributed by atoms with Crippen molar-refractivity contribution in [2.75, 3.05) is 13.2 Å². The van der Waals surface area contributed by atoms with E-state index in [-0.39, 0.29) is 12.1 Å². The van der Waals surface area contributed by atoms with Crippen molar-refractivity contribution in [2.24, 2.45) is 17.1 Å². The van der Waals surface area contributed by atoms with Crippen LogP contribution in [-0.2, 0) is 14.3 Å². The number of carbonyl (C=O) groups is 1. The van der Waals surface area contributed by atoms with Crippen molar-refractivity contribution in [3.8, 4) is 0 Å². The summed E-state index contributed by atoms with van der Waals surface area (Å²) in [4.78, 5) is 11.7. The first-order valence-electron chi connectivity index (χ1n) is 7.74. The topological polar surface area (TPSA) is 61.5 Å². The van der Waals surface area contributed by atoms with Crippen molar-refractivity contribution in [1.29, 1.82) is 0 Å². The number of nitrogens with two attached hydrogens (primary N) is 1. The van der Waals surface area contributed by atoms with E-state index in [1.807, 2.05) is 0 Å². The molecule has 1 fully saturated rings. The summed E-state index contributed by atoms with van der Waals surface area (Å²) in [6.45, 7) is 11.2. The van der Waals surface area contributed by atoms with Crippen LogP contribution < -0.4 is 5.73 Å². The molecular formula is C16H31NO3. The van der Waals surface area contributed by atoms with Crippen LogP contribution in [0.15, 0.2) is 0 Å². The molecule has 1 saturated carbocycles. The van der Waals surface area contributed by atoms with Crippen LogP contribution in [0.1, 0.15) is 60.3 Å². The second-order valence-corrected chi connectivity index (χ2v) is 7.29. The van der Waals surface area contributed by atoms with Crippen LogP contribution >= 0.6 is 0 Å². The van der Waals surface area contributed by atoms with Crippen LogP contribution in [-0.4, -0.2) is 30.8 Å². The molecule has 1 aliphatic rings. The van der Waals surface area contributed by atoms with E-state index in [2.05, 4.69) is 20.8 Å². The molecule has 3 atom stereocenters. The predicted octanol–water partition coefficient (Wildman–Crippen LogP) is 2.89. The number of hydrogen-bond donors (Lipinski definition) is 1. The first-order chi connectivity index (χ1) is 9.16. The molecule has 1 rings (SSSR count). The third kappa shape index (κ3) is 5.41. The van der Waals surface area contributed by atoms with Crippen LogP contribution in [0.4, 0.5) is 0 Å². The van der Waals surface area contributed by atoms with Gasteiger partial charge in [0.15, 0.2) is 0 Å². The summed E-state index contributed by atoms with van der Waals surface area (Å²) in [6, 6.07) is 0. The van der Waals surface area contributed by atoms with Gasteiger partial charge in [-0.1, -0.05) is 20.8 Å². The number of esters is 1. The molecule has 20 heavy (non-hydrogen) atoms. The second kappa shape index (κ2) is 6.90. The molecule has 0 heterocycles. The van der Waals surface area contributed by atoms with Crippen LogP contribution in [0.2, 0.25) is 0 Å². The molecule has 0 radical (unpaired) electrons. The van der Waals surface area contributed by atoms with E-state index < -0.39 is 5.54 Å². The highest BCUT2D eigenvalue weighted by Crippen LogP contribution is 2.39. The summed E-state index contributed by atoms with van der Waals surface area (Å²) in [5.41, 5.74) is 5.38. The zero-order valence-electron chi connectivity index (χ0n) is 13.7. The van der Waals surface area contributed by atoms with E-state index in [1.165, 1.54) is 6.42 Å². The van der Waals surface area contributed by atoms with Gasteiger partial charge in [-0.2, -0.15) is 0 Å². The number of hydrogen-bond acceptors (Lipinski definition) is 4. The Labute approximate surface area is 123 Å². The number of ether oxygens (including phenoxy) is 2. The SMILES string of the molecule is CCOC(=O)C(C)(N)CCOC1CC(C)CC(C)(C)C1. The zero-order valence-corrected chi connectivity index (χ0v) is 13.7. The summed E-state index contributed by atoms with van der Waals surface area (Å²) < 4.78 is 10.9. The van der Waals surface area contributed by atoms with E-state index in [4.69, 9.17) is 15.2 Å². The number of rotatable bonds is 6. The molecule has 4 nitrogen and oxygen atoms in total. The number of carbonyl (C=O) groups excluding carboxylic acids is 1. The van der Waals surface area contributed by atoms with Gasteiger partial charge in [0.05, 0.1) is 12.7 Å². The maximum absolute atomic E-state index is 11.7. The third-order valence-corrected chi connectivity index (χ3v) is 4.06. The fraction of sp³-hybridized carbons (Fsp3) is 0.938. The lowest BCUT2D eigenvalue weighted by Crippen LogP contribution is -2.47. The highest BCUT2D eigenvalue weighted by molar-refractivity contribution is 5.79. The molecule has 118 valence electrons. The van der Waals surface area contributed by atoms with E-state index in [9.17, 15) is 4.79 Å². The molecular weight excluding hydrogens is 254 g/mol. The van der Waals surface area contributed by atoms with Gasteiger partial charge in [-0.05, 0) is 50.9 Å². The molecule has 0 aromatic carbocycles. The van der Waals surface area contributed by atoms with E-state index in [0.29, 0.717) is 31.0 Å². The average Bonchev–Trinajstić information content (AvgIpc) is 2.26. The van der Waals surface area contributed by atoms with Gasteiger partial charge in [0.25, 0.3) is 0 Å². The second-order valence-electron chi connectivity index (χ2n) is 7.29. The quantitative estimate of drug-likeness (QED) is 0.762. The Balaban J connectivity index is 2.38. The Kier molecular flexibility index (Phi) is 6.02. The fourth-order valence-electron chi connectivity index (χ4n) is 3.22.